The molecule has 0 atom stereocenters. The highest BCUT2D eigenvalue weighted by Crippen LogP contribution is 2.11. The Morgan fingerprint density at radius 3 is 3.00 bits per heavy atom. The van der Waals surface area contributed by atoms with Crippen molar-refractivity contribution in [3.63, 3.8) is 0 Å². The molecular formula is C11H17NO2S. The van der Waals surface area contributed by atoms with Gasteiger partial charge in [-0.3, -0.25) is 4.79 Å². The molecule has 15 heavy (non-hydrogen) atoms. The van der Waals surface area contributed by atoms with Gasteiger partial charge in [0, 0.05) is 6.54 Å². The van der Waals surface area contributed by atoms with E-state index < -0.39 is 0 Å². The lowest BCUT2D eigenvalue weighted by Gasteiger charge is -2.06. The Morgan fingerprint density at radius 1 is 1.60 bits per heavy atom. The maximum atomic E-state index is 11.3. The van der Waals surface area contributed by atoms with Crippen LogP contribution in [0.5, 0.6) is 0 Å². The van der Waals surface area contributed by atoms with Gasteiger partial charge < -0.3 is 9.73 Å². The predicted molar refractivity (Wildman–Crippen MR) is 62.7 cm³/mol. The van der Waals surface area contributed by atoms with Crippen molar-refractivity contribution in [2.24, 2.45) is 5.92 Å². The number of hydrogen-bond donors (Lipinski definition) is 1. The van der Waals surface area contributed by atoms with Crippen LogP contribution >= 0.6 is 11.8 Å². The Kier molecular flexibility index (Phi) is 5.32. The number of hydrogen-bond acceptors (Lipinski definition) is 3. The Bertz CT molecular complexity index is 283. The molecule has 0 aliphatic rings. The van der Waals surface area contributed by atoms with E-state index in [-0.39, 0.29) is 5.91 Å². The molecule has 0 spiro atoms. The van der Waals surface area contributed by atoms with E-state index in [1.807, 2.05) is 12.1 Å². The summed E-state index contributed by atoms with van der Waals surface area (Å²) < 4.78 is 5.16. The molecule has 1 heterocycles. The van der Waals surface area contributed by atoms with E-state index in [0.29, 0.717) is 11.7 Å². The fourth-order valence-corrected chi connectivity index (χ4v) is 1.76. The van der Waals surface area contributed by atoms with Crippen LogP contribution < -0.4 is 5.32 Å². The Morgan fingerprint density at radius 2 is 2.40 bits per heavy atom. The van der Waals surface area contributed by atoms with Crippen LogP contribution in [0, 0.1) is 5.92 Å². The Labute approximate surface area is 94.6 Å². The predicted octanol–water partition coefficient (Wildman–Crippen LogP) is 2.29. The maximum Gasteiger partial charge on any atom is 0.230 e. The lowest BCUT2D eigenvalue weighted by Crippen LogP contribution is -2.28. The molecule has 1 N–H and O–H groups in total. The van der Waals surface area contributed by atoms with E-state index in [4.69, 9.17) is 4.42 Å². The molecule has 3 nitrogen and oxygen atoms in total. The van der Waals surface area contributed by atoms with Crippen LogP contribution in [0.1, 0.15) is 19.6 Å². The molecule has 0 fully saturated rings. The van der Waals surface area contributed by atoms with Crippen molar-refractivity contribution >= 4 is 17.7 Å². The summed E-state index contributed by atoms with van der Waals surface area (Å²) in [4.78, 5) is 11.3. The summed E-state index contributed by atoms with van der Waals surface area (Å²) in [5.74, 6) is 2.76. The number of rotatable bonds is 6. The van der Waals surface area contributed by atoms with E-state index in [2.05, 4.69) is 19.2 Å². The number of carbonyl (C=O) groups is 1. The Balaban J connectivity index is 2.07. The molecule has 84 valence electrons. The van der Waals surface area contributed by atoms with Crippen molar-refractivity contribution in [1.29, 1.82) is 0 Å². The van der Waals surface area contributed by atoms with Crippen LogP contribution in [0.15, 0.2) is 22.8 Å². The molecule has 0 aliphatic heterocycles. The standard InChI is InChI=1S/C11H17NO2S/c1-9(2)6-12-11(13)8-15-7-10-4-3-5-14-10/h3-5,9H,6-8H2,1-2H3,(H,12,13). The zero-order valence-corrected chi connectivity index (χ0v) is 9.97. The number of furan rings is 1. The summed E-state index contributed by atoms with van der Waals surface area (Å²) in [5, 5.41) is 2.87. The molecule has 0 bridgehead atoms. The van der Waals surface area contributed by atoms with Crippen molar-refractivity contribution in [2.45, 2.75) is 19.6 Å². The second-order valence-corrected chi connectivity index (χ2v) is 4.76. The molecule has 1 aromatic heterocycles. The van der Waals surface area contributed by atoms with E-state index in [0.717, 1.165) is 18.1 Å². The van der Waals surface area contributed by atoms with Gasteiger partial charge in [0.25, 0.3) is 0 Å². The molecule has 0 radical (unpaired) electrons. The van der Waals surface area contributed by atoms with Crippen molar-refractivity contribution < 1.29 is 9.21 Å². The van der Waals surface area contributed by atoms with Crippen molar-refractivity contribution in [3.8, 4) is 0 Å². The first-order valence-corrected chi connectivity index (χ1v) is 6.20. The Hall–Kier alpha value is -0.900. The molecule has 0 aliphatic carbocycles. The molecule has 4 heteroatoms. The molecular weight excluding hydrogens is 210 g/mol. The van der Waals surface area contributed by atoms with Crippen LogP contribution in [0.4, 0.5) is 0 Å². The minimum Gasteiger partial charge on any atom is -0.468 e. The average molecular weight is 227 g/mol. The number of carbonyl (C=O) groups excluding carboxylic acids is 1. The zero-order chi connectivity index (χ0) is 11.1. The topological polar surface area (TPSA) is 42.2 Å². The van der Waals surface area contributed by atoms with E-state index in [1.165, 1.54) is 0 Å². The van der Waals surface area contributed by atoms with Crippen LogP contribution in [0.2, 0.25) is 0 Å². The first kappa shape index (κ1) is 12.2. The summed E-state index contributed by atoms with van der Waals surface area (Å²) >= 11 is 1.56. The summed E-state index contributed by atoms with van der Waals surface area (Å²) in [6.45, 7) is 4.91. The third kappa shape index (κ3) is 5.52. The summed E-state index contributed by atoms with van der Waals surface area (Å²) in [6, 6.07) is 3.77. The van der Waals surface area contributed by atoms with Gasteiger partial charge in [-0.05, 0) is 18.1 Å². The van der Waals surface area contributed by atoms with Gasteiger partial charge in [0.15, 0.2) is 0 Å². The van der Waals surface area contributed by atoms with Crippen LogP contribution in [0.3, 0.4) is 0 Å². The monoisotopic (exact) mass is 227 g/mol. The highest BCUT2D eigenvalue weighted by molar-refractivity contribution is 7.99. The first-order chi connectivity index (χ1) is 7.18. The molecule has 1 rings (SSSR count). The summed E-state index contributed by atoms with van der Waals surface area (Å²) in [6.07, 6.45) is 1.65. The molecule has 1 aromatic rings. The van der Waals surface area contributed by atoms with Gasteiger partial charge in [-0.25, -0.2) is 0 Å². The van der Waals surface area contributed by atoms with Gasteiger partial charge in [0.05, 0.1) is 17.8 Å². The van der Waals surface area contributed by atoms with Crippen molar-refractivity contribution in [2.75, 3.05) is 12.3 Å². The second kappa shape index (κ2) is 6.56. The third-order valence-corrected chi connectivity index (χ3v) is 2.72. The van der Waals surface area contributed by atoms with Crippen molar-refractivity contribution in [1.82, 2.24) is 5.32 Å². The molecule has 0 saturated heterocycles. The molecule has 0 saturated carbocycles. The quantitative estimate of drug-likeness (QED) is 0.810. The highest BCUT2D eigenvalue weighted by atomic mass is 32.2. The SMILES string of the molecule is CC(C)CNC(=O)CSCc1ccco1. The lowest BCUT2D eigenvalue weighted by molar-refractivity contribution is -0.118. The molecule has 1 amide bonds. The summed E-state index contributed by atoms with van der Waals surface area (Å²) in [5.41, 5.74) is 0. The van der Waals surface area contributed by atoms with Gasteiger partial charge in [-0.1, -0.05) is 13.8 Å². The van der Waals surface area contributed by atoms with Gasteiger partial charge in [-0.15, -0.1) is 11.8 Å². The number of nitrogens with one attached hydrogen (secondary N) is 1. The van der Waals surface area contributed by atoms with Crippen LogP contribution in [0.25, 0.3) is 0 Å². The van der Waals surface area contributed by atoms with E-state index >= 15 is 0 Å². The highest BCUT2D eigenvalue weighted by Gasteiger charge is 2.03. The van der Waals surface area contributed by atoms with Gasteiger partial charge in [0.1, 0.15) is 5.76 Å². The van der Waals surface area contributed by atoms with Crippen LogP contribution in [-0.2, 0) is 10.5 Å². The van der Waals surface area contributed by atoms with Crippen molar-refractivity contribution in [3.05, 3.63) is 24.2 Å². The maximum absolute atomic E-state index is 11.3. The van der Waals surface area contributed by atoms with E-state index in [9.17, 15) is 4.79 Å². The zero-order valence-electron chi connectivity index (χ0n) is 9.16. The fraction of sp³-hybridized carbons (Fsp3) is 0.545. The minimum absolute atomic E-state index is 0.0975. The normalized spacial score (nSPS) is 10.6. The largest absolute Gasteiger partial charge is 0.468 e. The van der Waals surface area contributed by atoms with Crippen LogP contribution in [-0.4, -0.2) is 18.2 Å². The smallest absolute Gasteiger partial charge is 0.230 e. The van der Waals surface area contributed by atoms with Gasteiger partial charge in [0.2, 0.25) is 5.91 Å². The lowest BCUT2D eigenvalue weighted by atomic mass is 10.2. The minimum atomic E-state index is 0.0975. The summed E-state index contributed by atoms with van der Waals surface area (Å²) in [7, 11) is 0. The van der Waals surface area contributed by atoms with Gasteiger partial charge >= 0.3 is 0 Å². The molecule has 0 unspecified atom stereocenters. The van der Waals surface area contributed by atoms with E-state index in [1.54, 1.807) is 18.0 Å². The fourth-order valence-electron chi connectivity index (χ4n) is 1.01. The number of amides is 1. The third-order valence-electron chi connectivity index (χ3n) is 1.77. The average Bonchev–Trinajstić information content (AvgIpc) is 2.67. The van der Waals surface area contributed by atoms with Gasteiger partial charge in [-0.2, -0.15) is 0 Å². The molecule has 0 aromatic carbocycles. The number of thioether (sulfide) groups is 1. The second-order valence-electron chi connectivity index (χ2n) is 3.77. The first-order valence-electron chi connectivity index (χ1n) is 5.05.